The van der Waals surface area contributed by atoms with Crippen molar-refractivity contribution in [3.05, 3.63) is 12.2 Å². The van der Waals surface area contributed by atoms with Crippen molar-refractivity contribution in [1.29, 1.82) is 0 Å². The third-order valence-corrected chi connectivity index (χ3v) is 4.45. The second-order valence-corrected chi connectivity index (χ2v) is 6.58. The summed E-state index contributed by atoms with van der Waals surface area (Å²) in [7, 11) is 0. The normalized spacial score (nSPS) is 20.2. The molecular weight excluding hydrogens is 270 g/mol. The number of aliphatic imine (C=N–C) groups is 1. The Hall–Kier alpha value is -0.670. The van der Waals surface area contributed by atoms with Crippen LogP contribution in [-0.4, -0.2) is 30.0 Å². The van der Waals surface area contributed by atoms with Crippen molar-refractivity contribution in [2.75, 3.05) is 6.54 Å². The molecule has 3 nitrogen and oxygen atoms in total. The molecular formula is C19H37N3. The van der Waals surface area contributed by atoms with E-state index in [-0.39, 0.29) is 12.3 Å². The zero-order chi connectivity index (χ0) is 16.0. The Bertz CT molecular complexity index is 310. The van der Waals surface area contributed by atoms with Crippen LogP contribution < -0.4 is 5.73 Å². The summed E-state index contributed by atoms with van der Waals surface area (Å²) in [6, 6.07) is 0. The Balaban J connectivity index is 1.91. The van der Waals surface area contributed by atoms with Crippen LogP contribution >= 0.6 is 0 Å². The minimum atomic E-state index is 0.0782. The third kappa shape index (κ3) is 8.70. The molecule has 3 heteroatoms. The monoisotopic (exact) mass is 307 g/mol. The Labute approximate surface area is 138 Å². The molecule has 0 aromatic rings. The van der Waals surface area contributed by atoms with Crippen molar-refractivity contribution in [2.24, 2.45) is 10.7 Å². The number of unbranched alkanes of at least 4 members (excludes halogenated alkanes) is 10. The molecule has 0 fully saturated rings. The molecule has 0 radical (unpaired) electrons. The smallest absolute Gasteiger partial charge is 0.122 e. The molecule has 0 amide bonds. The minimum absolute atomic E-state index is 0.0782. The number of rotatable bonds is 13. The van der Waals surface area contributed by atoms with Gasteiger partial charge in [-0.25, -0.2) is 0 Å². The molecule has 0 bridgehead atoms. The van der Waals surface area contributed by atoms with Crippen LogP contribution in [0.2, 0.25) is 0 Å². The van der Waals surface area contributed by atoms with Gasteiger partial charge in [-0.05, 0) is 25.8 Å². The first kappa shape index (κ1) is 19.4. The van der Waals surface area contributed by atoms with E-state index in [2.05, 4.69) is 29.0 Å². The van der Waals surface area contributed by atoms with Crippen molar-refractivity contribution in [3.63, 3.8) is 0 Å². The van der Waals surface area contributed by atoms with Crippen LogP contribution in [-0.2, 0) is 0 Å². The van der Waals surface area contributed by atoms with Gasteiger partial charge in [0.05, 0.1) is 6.17 Å². The Morgan fingerprint density at radius 2 is 1.68 bits per heavy atom. The summed E-state index contributed by atoms with van der Waals surface area (Å²) in [5.74, 6) is 0. The molecule has 0 saturated carbocycles. The molecule has 2 atom stereocenters. The number of hydrogen-bond donors (Lipinski definition) is 1. The van der Waals surface area contributed by atoms with Gasteiger partial charge in [0.25, 0.3) is 0 Å². The maximum atomic E-state index is 5.94. The van der Waals surface area contributed by atoms with E-state index in [1.54, 1.807) is 0 Å². The van der Waals surface area contributed by atoms with Gasteiger partial charge in [0.1, 0.15) is 6.17 Å². The van der Waals surface area contributed by atoms with Crippen LogP contribution in [0.5, 0.6) is 0 Å². The third-order valence-electron chi connectivity index (χ3n) is 4.45. The van der Waals surface area contributed by atoms with Gasteiger partial charge in [-0.1, -0.05) is 70.8 Å². The van der Waals surface area contributed by atoms with Crippen LogP contribution in [0.15, 0.2) is 17.1 Å². The molecule has 1 rings (SSSR count). The largest absolute Gasteiger partial charge is 0.316 e. The molecule has 2 N–H and O–H groups in total. The van der Waals surface area contributed by atoms with E-state index in [1.807, 2.05) is 13.1 Å². The van der Waals surface area contributed by atoms with Gasteiger partial charge in [0.2, 0.25) is 0 Å². The highest BCUT2D eigenvalue weighted by molar-refractivity contribution is 5.62. The quantitative estimate of drug-likeness (QED) is 0.389. The summed E-state index contributed by atoms with van der Waals surface area (Å²) in [4.78, 5) is 6.66. The van der Waals surface area contributed by atoms with Crippen LogP contribution in [0.1, 0.15) is 84.5 Å². The molecule has 0 saturated heterocycles. The number of nitrogens with zero attached hydrogens (tertiary/aromatic N) is 2. The first-order valence-corrected chi connectivity index (χ1v) is 9.45. The number of nitrogens with two attached hydrogens (primary N) is 1. The van der Waals surface area contributed by atoms with E-state index in [0.717, 1.165) is 6.54 Å². The van der Waals surface area contributed by atoms with E-state index < -0.39 is 0 Å². The summed E-state index contributed by atoms with van der Waals surface area (Å²) in [5, 5.41) is 0. The molecule has 0 aliphatic carbocycles. The summed E-state index contributed by atoms with van der Waals surface area (Å²) < 4.78 is 0. The first-order valence-electron chi connectivity index (χ1n) is 9.45. The second-order valence-electron chi connectivity index (χ2n) is 6.58. The lowest BCUT2D eigenvalue weighted by Gasteiger charge is -2.24. The maximum Gasteiger partial charge on any atom is 0.122 e. The molecule has 0 aromatic heterocycles. The van der Waals surface area contributed by atoms with Crippen molar-refractivity contribution >= 4 is 6.21 Å². The SMILES string of the molecule is CCCCCCCCCCCC/C=C/C1N=CCN1C(C)N. The highest BCUT2D eigenvalue weighted by Crippen LogP contribution is 2.13. The van der Waals surface area contributed by atoms with Crippen molar-refractivity contribution < 1.29 is 0 Å². The van der Waals surface area contributed by atoms with Gasteiger partial charge >= 0.3 is 0 Å². The first-order chi connectivity index (χ1) is 10.8. The zero-order valence-electron chi connectivity index (χ0n) is 14.8. The molecule has 1 aliphatic rings. The van der Waals surface area contributed by atoms with Gasteiger partial charge in [0, 0.05) is 12.8 Å². The van der Waals surface area contributed by atoms with Crippen molar-refractivity contribution in [1.82, 2.24) is 4.90 Å². The summed E-state index contributed by atoms with van der Waals surface area (Å²) in [5.41, 5.74) is 5.94. The van der Waals surface area contributed by atoms with E-state index in [9.17, 15) is 0 Å². The molecule has 0 aromatic carbocycles. The van der Waals surface area contributed by atoms with Gasteiger partial charge in [0.15, 0.2) is 0 Å². The molecule has 2 unspecified atom stereocenters. The molecule has 22 heavy (non-hydrogen) atoms. The molecule has 0 spiro atoms. The van der Waals surface area contributed by atoms with E-state index >= 15 is 0 Å². The lowest BCUT2D eigenvalue weighted by molar-refractivity contribution is 0.224. The number of allylic oxidation sites excluding steroid dienone is 1. The molecule has 1 heterocycles. The van der Waals surface area contributed by atoms with Crippen LogP contribution in [0, 0.1) is 0 Å². The van der Waals surface area contributed by atoms with Gasteiger partial charge < -0.3 is 5.73 Å². The predicted octanol–water partition coefficient (Wildman–Crippen LogP) is 4.87. The van der Waals surface area contributed by atoms with Gasteiger partial charge in [-0.3, -0.25) is 9.89 Å². The molecule has 128 valence electrons. The second kappa shape index (κ2) is 12.8. The Morgan fingerprint density at radius 3 is 2.27 bits per heavy atom. The minimum Gasteiger partial charge on any atom is -0.316 e. The fourth-order valence-electron chi connectivity index (χ4n) is 2.98. The summed E-state index contributed by atoms with van der Waals surface area (Å²) in [6.45, 7) is 5.18. The average Bonchev–Trinajstić information content (AvgIpc) is 2.97. The van der Waals surface area contributed by atoms with Crippen molar-refractivity contribution in [3.8, 4) is 0 Å². The van der Waals surface area contributed by atoms with Crippen molar-refractivity contribution in [2.45, 2.75) is 96.8 Å². The fraction of sp³-hybridized carbons (Fsp3) is 0.842. The zero-order valence-corrected chi connectivity index (χ0v) is 14.8. The van der Waals surface area contributed by atoms with Crippen LogP contribution in [0.4, 0.5) is 0 Å². The number of hydrogen-bond acceptors (Lipinski definition) is 3. The lowest BCUT2D eigenvalue weighted by Crippen LogP contribution is -2.42. The predicted molar refractivity (Wildman–Crippen MR) is 98.2 cm³/mol. The Morgan fingerprint density at radius 1 is 1.09 bits per heavy atom. The van der Waals surface area contributed by atoms with Gasteiger partial charge in [-0.15, -0.1) is 0 Å². The average molecular weight is 308 g/mol. The topological polar surface area (TPSA) is 41.6 Å². The van der Waals surface area contributed by atoms with E-state index in [0.29, 0.717) is 0 Å². The van der Waals surface area contributed by atoms with Gasteiger partial charge in [-0.2, -0.15) is 0 Å². The highest BCUT2D eigenvalue weighted by atomic mass is 15.3. The standard InChI is InChI=1S/C19H37N3/c1-3-4-5-6-7-8-9-10-11-12-13-14-15-19-21-16-17-22(19)18(2)20/h14-16,18-19H,3-13,17,20H2,1-2H3/b15-14+. The highest BCUT2D eigenvalue weighted by Gasteiger charge is 2.20. The summed E-state index contributed by atoms with van der Waals surface area (Å²) >= 11 is 0. The maximum absolute atomic E-state index is 5.94. The summed E-state index contributed by atoms with van der Waals surface area (Å²) in [6.07, 6.45) is 21.9. The van der Waals surface area contributed by atoms with Crippen LogP contribution in [0.25, 0.3) is 0 Å². The lowest BCUT2D eigenvalue weighted by atomic mass is 10.1. The van der Waals surface area contributed by atoms with E-state index in [1.165, 1.54) is 70.6 Å². The molecule has 1 aliphatic heterocycles. The van der Waals surface area contributed by atoms with E-state index in [4.69, 9.17) is 5.73 Å². The van der Waals surface area contributed by atoms with Crippen LogP contribution in [0.3, 0.4) is 0 Å². The Kier molecular flexibility index (Phi) is 11.3. The fourth-order valence-corrected chi connectivity index (χ4v) is 2.98.